The summed E-state index contributed by atoms with van der Waals surface area (Å²) in [7, 11) is 0. The van der Waals surface area contributed by atoms with Gasteiger partial charge in [-0.1, -0.05) is 13.8 Å². The van der Waals surface area contributed by atoms with Crippen molar-refractivity contribution in [1.82, 2.24) is 5.32 Å². The van der Waals surface area contributed by atoms with Gasteiger partial charge < -0.3 is 19.9 Å². The molecule has 1 heterocycles. The van der Waals surface area contributed by atoms with E-state index in [1.165, 1.54) is 0 Å². The number of amides is 1. The molecule has 1 aliphatic heterocycles. The molecule has 0 spiro atoms. The van der Waals surface area contributed by atoms with Crippen LogP contribution in [-0.2, 0) is 19.1 Å². The molecule has 0 saturated carbocycles. The number of carboxylic acids is 1. The molecular formula is C14H25NO5. The van der Waals surface area contributed by atoms with Crippen LogP contribution in [0.15, 0.2) is 0 Å². The molecule has 6 nitrogen and oxygen atoms in total. The summed E-state index contributed by atoms with van der Waals surface area (Å²) in [5.41, 5.74) is 0. The first-order valence-corrected chi connectivity index (χ1v) is 7.20. The fraction of sp³-hybridized carbons (Fsp3) is 0.857. The van der Waals surface area contributed by atoms with Gasteiger partial charge in [-0.2, -0.15) is 0 Å². The Kier molecular flexibility index (Phi) is 7.54. The molecule has 20 heavy (non-hydrogen) atoms. The molecule has 116 valence electrons. The number of hydrogen-bond donors (Lipinski definition) is 2. The normalized spacial score (nSPS) is 20.1. The number of aliphatic carboxylic acids is 1. The minimum atomic E-state index is -0.993. The molecule has 0 bridgehead atoms. The zero-order valence-corrected chi connectivity index (χ0v) is 12.3. The fourth-order valence-electron chi connectivity index (χ4n) is 2.11. The van der Waals surface area contributed by atoms with Gasteiger partial charge >= 0.3 is 5.97 Å². The lowest BCUT2D eigenvalue weighted by molar-refractivity contribution is -0.142. The lowest BCUT2D eigenvalue weighted by Crippen LogP contribution is -2.42. The van der Waals surface area contributed by atoms with E-state index in [9.17, 15) is 9.59 Å². The summed E-state index contributed by atoms with van der Waals surface area (Å²) in [4.78, 5) is 22.7. The number of ether oxygens (including phenoxy) is 2. The van der Waals surface area contributed by atoms with Crippen LogP contribution in [0, 0.1) is 5.92 Å². The summed E-state index contributed by atoms with van der Waals surface area (Å²) in [6, 6.07) is -0.819. The Hall–Kier alpha value is -1.14. The minimum Gasteiger partial charge on any atom is -0.480 e. The molecule has 1 unspecified atom stereocenters. The van der Waals surface area contributed by atoms with Crippen LogP contribution in [0.2, 0.25) is 0 Å². The largest absolute Gasteiger partial charge is 0.480 e. The second kappa shape index (κ2) is 8.92. The molecule has 1 rings (SSSR count). The molecule has 2 atom stereocenters. The van der Waals surface area contributed by atoms with Crippen LogP contribution in [0.3, 0.4) is 0 Å². The molecule has 0 radical (unpaired) electrons. The van der Waals surface area contributed by atoms with Gasteiger partial charge in [0.1, 0.15) is 6.04 Å². The Morgan fingerprint density at radius 3 is 2.75 bits per heavy atom. The first-order valence-electron chi connectivity index (χ1n) is 7.20. The van der Waals surface area contributed by atoms with Crippen molar-refractivity contribution in [3.05, 3.63) is 0 Å². The zero-order valence-electron chi connectivity index (χ0n) is 12.3. The highest BCUT2D eigenvalue weighted by Crippen LogP contribution is 2.12. The maximum Gasteiger partial charge on any atom is 0.326 e. The molecule has 0 aromatic heterocycles. The van der Waals surface area contributed by atoms with Crippen molar-refractivity contribution in [1.29, 1.82) is 0 Å². The SMILES string of the molecule is CC(C)C[C@@H](NC(=O)CCOCC1CCCO1)C(=O)O. The van der Waals surface area contributed by atoms with Gasteiger partial charge in [0.15, 0.2) is 0 Å². The van der Waals surface area contributed by atoms with Crippen LogP contribution in [0.4, 0.5) is 0 Å². The van der Waals surface area contributed by atoms with Gasteiger partial charge in [0.2, 0.25) is 5.91 Å². The summed E-state index contributed by atoms with van der Waals surface area (Å²) >= 11 is 0. The van der Waals surface area contributed by atoms with Gasteiger partial charge in [0, 0.05) is 13.0 Å². The third-order valence-corrected chi connectivity index (χ3v) is 3.14. The molecular weight excluding hydrogens is 262 g/mol. The molecule has 0 aliphatic carbocycles. The molecule has 0 aromatic carbocycles. The number of rotatable bonds is 9. The second-order valence-corrected chi connectivity index (χ2v) is 5.55. The van der Waals surface area contributed by atoms with Crippen molar-refractivity contribution in [2.24, 2.45) is 5.92 Å². The summed E-state index contributed by atoms with van der Waals surface area (Å²) in [5.74, 6) is -1.06. The number of nitrogens with one attached hydrogen (secondary N) is 1. The number of carbonyl (C=O) groups is 2. The van der Waals surface area contributed by atoms with Crippen molar-refractivity contribution in [3.8, 4) is 0 Å². The average molecular weight is 287 g/mol. The maximum absolute atomic E-state index is 11.6. The van der Waals surface area contributed by atoms with Crippen molar-refractivity contribution in [3.63, 3.8) is 0 Å². The molecule has 1 amide bonds. The molecule has 1 aliphatic rings. The van der Waals surface area contributed by atoms with Crippen LogP contribution in [0.1, 0.15) is 39.5 Å². The van der Waals surface area contributed by atoms with Crippen LogP contribution < -0.4 is 5.32 Å². The predicted molar refractivity (Wildman–Crippen MR) is 73.4 cm³/mol. The molecule has 1 saturated heterocycles. The van der Waals surface area contributed by atoms with E-state index in [4.69, 9.17) is 14.6 Å². The van der Waals surface area contributed by atoms with Crippen LogP contribution in [0.5, 0.6) is 0 Å². The highest BCUT2D eigenvalue weighted by atomic mass is 16.5. The fourth-order valence-corrected chi connectivity index (χ4v) is 2.11. The van der Waals surface area contributed by atoms with Gasteiger partial charge in [-0.05, 0) is 25.2 Å². The first kappa shape index (κ1) is 16.9. The lowest BCUT2D eigenvalue weighted by Gasteiger charge is -2.16. The third-order valence-electron chi connectivity index (χ3n) is 3.14. The summed E-state index contributed by atoms with van der Waals surface area (Å²) in [6.07, 6.45) is 2.81. The average Bonchev–Trinajstić information content (AvgIpc) is 2.86. The van der Waals surface area contributed by atoms with E-state index >= 15 is 0 Å². The Bertz CT molecular complexity index is 313. The maximum atomic E-state index is 11.6. The third kappa shape index (κ3) is 6.86. The van der Waals surface area contributed by atoms with Crippen LogP contribution >= 0.6 is 0 Å². The highest BCUT2D eigenvalue weighted by molar-refractivity contribution is 5.83. The Morgan fingerprint density at radius 2 is 2.20 bits per heavy atom. The summed E-state index contributed by atoms with van der Waals surface area (Å²) in [5, 5.41) is 11.6. The van der Waals surface area contributed by atoms with Crippen molar-refractivity contribution in [2.45, 2.75) is 51.7 Å². The summed E-state index contributed by atoms with van der Waals surface area (Å²) in [6.45, 7) is 5.42. The zero-order chi connectivity index (χ0) is 15.0. The Balaban J connectivity index is 2.15. The quantitative estimate of drug-likeness (QED) is 0.622. The van der Waals surface area contributed by atoms with E-state index in [0.717, 1.165) is 19.4 Å². The second-order valence-electron chi connectivity index (χ2n) is 5.55. The van der Waals surface area contributed by atoms with E-state index in [2.05, 4.69) is 5.32 Å². The molecule has 1 fully saturated rings. The van der Waals surface area contributed by atoms with Gasteiger partial charge in [-0.25, -0.2) is 4.79 Å². The minimum absolute atomic E-state index is 0.144. The van der Waals surface area contributed by atoms with Gasteiger partial charge in [-0.3, -0.25) is 4.79 Å². The van der Waals surface area contributed by atoms with E-state index in [1.807, 2.05) is 13.8 Å². The highest BCUT2D eigenvalue weighted by Gasteiger charge is 2.21. The van der Waals surface area contributed by atoms with Gasteiger partial charge in [0.25, 0.3) is 0 Å². The van der Waals surface area contributed by atoms with E-state index < -0.39 is 12.0 Å². The van der Waals surface area contributed by atoms with Gasteiger partial charge in [-0.15, -0.1) is 0 Å². The molecule has 2 N–H and O–H groups in total. The predicted octanol–water partition coefficient (Wildman–Crippen LogP) is 1.19. The topological polar surface area (TPSA) is 84.9 Å². The standard InChI is InChI=1S/C14H25NO5/c1-10(2)8-12(14(17)18)15-13(16)5-7-19-9-11-4-3-6-20-11/h10-12H,3-9H2,1-2H3,(H,15,16)(H,17,18)/t11?,12-/m1/s1. The van der Waals surface area contributed by atoms with Crippen molar-refractivity contribution in [2.75, 3.05) is 19.8 Å². The van der Waals surface area contributed by atoms with Crippen LogP contribution in [-0.4, -0.2) is 48.9 Å². The number of hydrogen-bond acceptors (Lipinski definition) is 4. The van der Waals surface area contributed by atoms with Gasteiger partial charge in [0.05, 0.1) is 19.3 Å². The van der Waals surface area contributed by atoms with Crippen LogP contribution in [0.25, 0.3) is 0 Å². The Labute approximate surface area is 119 Å². The number of carboxylic acid groups (broad SMARTS) is 1. The van der Waals surface area contributed by atoms with E-state index in [-0.39, 0.29) is 24.3 Å². The van der Waals surface area contributed by atoms with E-state index in [1.54, 1.807) is 0 Å². The number of carbonyl (C=O) groups excluding carboxylic acids is 1. The van der Waals surface area contributed by atoms with E-state index in [0.29, 0.717) is 19.6 Å². The van der Waals surface area contributed by atoms with Crippen molar-refractivity contribution >= 4 is 11.9 Å². The smallest absolute Gasteiger partial charge is 0.326 e. The molecule has 6 heteroatoms. The Morgan fingerprint density at radius 1 is 1.45 bits per heavy atom. The van der Waals surface area contributed by atoms with Crippen molar-refractivity contribution < 1.29 is 24.2 Å². The summed E-state index contributed by atoms with van der Waals surface area (Å²) < 4.78 is 10.8. The monoisotopic (exact) mass is 287 g/mol. The lowest BCUT2D eigenvalue weighted by atomic mass is 10.0. The molecule has 0 aromatic rings. The first-order chi connectivity index (χ1) is 9.49.